The van der Waals surface area contributed by atoms with Crippen molar-refractivity contribution < 1.29 is 27.0 Å². The number of nitrogens with zero attached hydrogens (tertiary/aromatic N) is 4. The minimum absolute atomic E-state index is 0. The van der Waals surface area contributed by atoms with Crippen LogP contribution in [0.15, 0.2) is 0 Å². The van der Waals surface area contributed by atoms with E-state index < -0.39 is 0 Å². The van der Waals surface area contributed by atoms with Gasteiger partial charge in [-0.05, 0) is 28.2 Å². The zero-order chi connectivity index (χ0) is 14.0. The van der Waals surface area contributed by atoms with Gasteiger partial charge in [-0.1, -0.05) is 0 Å². The van der Waals surface area contributed by atoms with Crippen molar-refractivity contribution in [2.75, 3.05) is 80.5 Å². The molecule has 19 heavy (non-hydrogen) atoms. The third-order valence-corrected chi connectivity index (χ3v) is 3.45. The molecule has 1 fully saturated rings. The standard InChI is InChI=1S/C12H28N4.Ni.O2/c1-13-5-7-14(2)9-11-16(4)12-10-15(3)8-6-13;;1-2/h5-12H2,1-4H3;;/q;+3;-2. The first-order valence-electron chi connectivity index (χ1n) is 6.49. The third-order valence-electron chi connectivity index (χ3n) is 3.45. The Morgan fingerprint density at radius 1 is 0.474 bits per heavy atom. The van der Waals surface area contributed by atoms with Gasteiger partial charge in [-0.3, -0.25) is 0 Å². The van der Waals surface area contributed by atoms with E-state index in [1.54, 1.807) is 0 Å². The SMILES string of the molecule is CN1CCN(C)CCN(C)CCN(C)CC1.[Ni+3].[O-][O-]. The van der Waals surface area contributed by atoms with Crippen molar-refractivity contribution in [1.29, 1.82) is 0 Å². The summed E-state index contributed by atoms with van der Waals surface area (Å²) in [7, 11) is 8.89. The minimum Gasteiger partial charge on any atom is -1.00 e. The van der Waals surface area contributed by atoms with Gasteiger partial charge < -0.3 is 30.1 Å². The molecule has 0 spiro atoms. The zero-order valence-corrected chi connectivity index (χ0v) is 13.6. The van der Waals surface area contributed by atoms with Crippen LogP contribution in [0.3, 0.4) is 0 Å². The summed E-state index contributed by atoms with van der Waals surface area (Å²) < 4.78 is 0. The van der Waals surface area contributed by atoms with E-state index in [0.29, 0.717) is 0 Å². The van der Waals surface area contributed by atoms with Crippen LogP contribution >= 0.6 is 0 Å². The molecule has 1 aliphatic rings. The van der Waals surface area contributed by atoms with Gasteiger partial charge in [0.2, 0.25) is 0 Å². The van der Waals surface area contributed by atoms with Crippen molar-refractivity contribution in [3.63, 3.8) is 0 Å². The van der Waals surface area contributed by atoms with Crippen molar-refractivity contribution in [2.45, 2.75) is 0 Å². The van der Waals surface area contributed by atoms with Crippen molar-refractivity contribution in [2.24, 2.45) is 0 Å². The molecule has 1 heterocycles. The van der Waals surface area contributed by atoms with Gasteiger partial charge >= 0.3 is 16.5 Å². The van der Waals surface area contributed by atoms with Crippen LogP contribution in [0.25, 0.3) is 0 Å². The quantitative estimate of drug-likeness (QED) is 0.276. The average Bonchev–Trinajstić information content (AvgIpc) is 2.39. The molecule has 0 aromatic rings. The van der Waals surface area contributed by atoms with Crippen LogP contribution in [0.4, 0.5) is 0 Å². The van der Waals surface area contributed by atoms with Crippen LogP contribution in [0.1, 0.15) is 0 Å². The molecule has 6 nitrogen and oxygen atoms in total. The van der Waals surface area contributed by atoms with E-state index in [2.05, 4.69) is 47.8 Å². The van der Waals surface area contributed by atoms with E-state index in [-0.39, 0.29) is 16.5 Å². The summed E-state index contributed by atoms with van der Waals surface area (Å²) in [5, 5.41) is 14.0. The summed E-state index contributed by atoms with van der Waals surface area (Å²) in [5.74, 6) is 0. The first kappa shape index (κ1) is 21.6. The fourth-order valence-electron chi connectivity index (χ4n) is 1.81. The predicted octanol–water partition coefficient (Wildman–Crippen LogP) is -2.65. The Hall–Kier alpha value is 0.254. The Morgan fingerprint density at radius 3 is 0.684 bits per heavy atom. The maximum absolute atomic E-state index is 7.00. The Labute approximate surface area is 127 Å². The fourth-order valence-corrected chi connectivity index (χ4v) is 1.81. The van der Waals surface area contributed by atoms with Crippen LogP contribution in [-0.4, -0.2) is 100 Å². The van der Waals surface area contributed by atoms with Crippen LogP contribution < -0.4 is 10.5 Å². The van der Waals surface area contributed by atoms with Gasteiger partial charge in [-0.2, -0.15) is 0 Å². The molecule has 0 N–H and O–H groups in total. The van der Waals surface area contributed by atoms with Gasteiger partial charge in [0, 0.05) is 52.4 Å². The van der Waals surface area contributed by atoms with E-state index in [9.17, 15) is 0 Å². The number of hydrogen-bond acceptors (Lipinski definition) is 6. The van der Waals surface area contributed by atoms with E-state index in [4.69, 9.17) is 10.5 Å². The summed E-state index contributed by atoms with van der Waals surface area (Å²) in [5.41, 5.74) is 0. The van der Waals surface area contributed by atoms with E-state index >= 15 is 0 Å². The van der Waals surface area contributed by atoms with Gasteiger partial charge in [0.25, 0.3) is 0 Å². The number of rotatable bonds is 0. The Kier molecular flexibility index (Phi) is 15.0. The van der Waals surface area contributed by atoms with Crippen molar-refractivity contribution >= 4 is 0 Å². The summed E-state index contributed by atoms with van der Waals surface area (Å²) in [6.07, 6.45) is 0. The Morgan fingerprint density at radius 2 is 0.579 bits per heavy atom. The first-order chi connectivity index (χ1) is 8.58. The predicted molar refractivity (Wildman–Crippen MR) is 70.0 cm³/mol. The molecule has 0 aliphatic carbocycles. The van der Waals surface area contributed by atoms with Crippen molar-refractivity contribution in [1.82, 2.24) is 19.6 Å². The summed E-state index contributed by atoms with van der Waals surface area (Å²) >= 11 is 0. The molecule has 117 valence electrons. The second-order valence-corrected chi connectivity index (χ2v) is 5.21. The van der Waals surface area contributed by atoms with Crippen LogP contribution in [0.2, 0.25) is 0 Å². The topological polar surface area (TPSA) is 59.1 Å². The smallest absolute Gasteiger partial charge is 1.00 e. The van der Waals surface area contributed by atoms with Crippen molar-refractivity contribution in [3.8, 4) is 0 Å². The van der Waals surface area contributed by atoms with E-state index in [1.807, 2.05) is 0 Å². The molecule has 1 rings (SSSR count). The molecule has 0 aromatic carbocycles. The molecule has 0 atom stereocenters. The molecule has 1 saturated heterocycles. The second kappa shape index (κ2) is 13.2. The van der Waals surface area contributed by atoms with Crippen molar-refractivity contribution in [3.05, 3.63) is 0 Å². The van der Waals surface area contributed by atoms with Crippen LogP contribution in [-0.2, 0) is 16.5 Å². The third kappa shape index (κ3) is 11.8. The van der Waals surface area contributed by atoms with Crippen LogP contribution in [0.5, 0.6) is 0 Å². The summed E-state index contributed by atoms with van der Waals surface area (Å²) in [6, 6.07) is 0. The molecule has 0 unspecified atom stereocenters. The van der Waals surface area contributed by atoms with Gasteiger partial charge in [0.1, 0.15) is 0 Å². The largest absolute Gasteiger partial charge is 3.00 e. The zero-order valence-electron chi connectivity index (χ0n) is 12.6. The summed E-state index contributed by atoms with van der Waals surface area (Å²) in [4.78, 5) is 9.72. The second-order valence-electron chi connectivity index (χ2n) is 5.21. The van der Waals surface area contributed by atoms with Gasteiger partial charge in [0.15, 0.2) is 0 Å². The van der Waals surface area contributed by atoms with Gasteiger partial charge in [-0.15, -0.1) is 0 Å². The molecule has 7 heteroatoms. The monoisotopic (exact) mass is 318 g/mol. The van der Waals surface area contributed by atoms with Crippen LogP contribution in [0, 0.1) is 0 Å². The van der Waals surface area contributed by atoms with Gasteiger partial charge in [-0.25, -0.2) is 0 Å². The molecule has 0 amide bonds. The van der Waals surface area contributed by atoms with E-state index in [0.717, 1.165) is 0 Å². The molecule has 0 bridgehead atoms. The normalized spacial score (nSPS) is 22.4. The Balaban J connectivity index is 0. The molecular weight excluding hydrogens is 291 g/mol. The molecule has 1 aliphatic heterocycles. The maximum atomic E-state index is 7.00. The van der Waals surface area contributed by atoms with E-state index in [1.165, 1.54) is 52.4 Å². The summed E-state index contributed by atoms with van der Waals surface area (Å²) in [6.45, 7) is 9.40. The molecule has 1 radical (unpaired) electrons. The molecule has 0 aromatic heterocycles. The number of likely N-dealkylation sites (N-methyl/N-ethyl adjacent to an activating group) is 4. The average molecular weight is 319 g/mol. The maximum Gasteiger partial charge on any atom is 3.00 e. The number of hydrogen-bond donors (Lipinski definition) is 0. The minimum atomic E-state index is 0. The molecule has 0 saturated carbocycles. The fraction of sp³-hybridized carbons (Fsp3) is 1.00. The first-order valence-corrected chi connectivity index (χ1v) is 6.49. The Bertz CT molecular complexity index is 145. The van der Waals surface area contributed by atoms with Gasteiger partial charge in [0.05, 0.1) is 0 Å². The molecular formula is C12H28N4NiO2+.